The number of aryl methyl sites for hydroxylation is 1. The van der Waals surface area contributed by atoms with Gasteiger partial charge in [0.1, 0.15) is 5.82 Å². The van der Waals surface area contributed by atoms with Crippen molar-refractivity contribution in [1.82, 2.24) is 14.8 Å². The minimum absolute atomic E-state index is 0.647. The summed E-state index contributed by atoms with van der Waals surface area (Å²) in [4.78, 5) is 0. The zero-order valence-electron chi connectivity index (χ0n) is 9.64. The normalized spacial score (nSPS) is 10.7. The number of rotatable bonds is 3. The number of nitrogens with zero attached hydrogens (tertiary/aromatic N) is 3. The molecule has 2 aromatic rings. The second-order valence-electron chi connectivity index (χ2n) is 3.83. The molecular weight excluding hydrogens is 200 g/mol. The van der Waals surface area contributed by atoms with Crippen molar-refractivity contribution in [2.24, 2.45) is 12.8 Å². The van der Waals surface area contributed by atoms with E-state index in [0.717, 1.165) is 23.6 Å². The van der Waals surface area contributed by atoms with Gasteiger partial charge in [-0.1, -0.05) is 24.3 Å². The van der Waals surface area contributed by atoms with E-state index in [-0.39, 0.29) is 0 Å². The van der Waals surface area contributed by atoms with E-state index in [2.05, 4.69) is 22.3 Å². The Labute approximate surface area is 95.1 Å². The Morgan fingerprint density at radius 3 is 2.62 bits per heavy atom. The Morgan fingerprint density at radius 2 is 2.00 bits per heavy atom. The van der Waals surface area contributed by atoms with Gasteiger partial charge >= 0.3 is 0 Å². The Kier molecular flexibility index (Phi) is 3.01. The highest BCUT2D eigenvalue weighted by Crippen LogP contribution is 2.21. The quantitative estimate of drug-likeness (QED) is 0.841. The third-order valence-electron chi connectivity index (χ3n) is 2.76. The third-order valence-corrected chi connectivity index (χ3v) is 2.76. The van der Waals surface area contributed by atoms with E-state index in [1.165, 1.54) is 5.56 Å². The first-order chi connectivity index (χ1) is 7.74. The van der Waals surface area contributed by atoms with Crippen LogP contribution in [0.4, 0.5) is 0 Å². The van der Waals surface area contributed by atoms with E-state index in [0.29, 0.717) is 6.54 Å². The zero-order chi connectivity index (χ0) is 11.5. The van der Waals surface area contributed by atoms with E-state index in [1.807, 2.05) is 30.7 Å². The van der Waals surface area contributed by atoms with Crippen molar-refractivity contribution in [3.63, 3.8) is 0 Å². The van der Waals surface area contributed by atoms with Crippen molar-refractivity contribution in [1.29, 1.82) is 0 Å². The van der Waals surface area contributed by atoms with Gasteiger partial charge in [-0.3, -0.25) is 0 Å². The Balaban J connectivity index is 2.51. The fourth-order valence-corrected chi connectivity index (χ4v) is 1.75. The summed E-state index contributed by atoms with van der Waals surface area (Å²) in [6, 6.07) is 8.19. The van der Waals surface area contributed by atoms with Crippen LogP contribution in [0.2, 0.25) is 0 Å². The lowest BCUT2D eigenvalue weighted by molar-refractivity contribution is 0.862. The molecule has 1 aromatic heterocycles. The van der Waals surface area contributed by atoms with Crippen molar-refractivity contribution in [2.75, 3.05) is 6.54 Å². The Bertz CT molecular complexity index is 488. The molecule has 1 heterocycles. The Hall–Kier alpha value is -1.68. The zero-order valence-corrected chi connectivity index (χ0v) is 9.64. The van der Waals surface area contributed by atoms with E-state index < -0.39 is 0 Å². The van der Waals surface area contributed by atoms with E-state index in [9.17, 15) is 0 Å². The number of benzene rings is 1. The van der Waals surface area contributed by atoms with Crippen LogP contribution in [0, 0.1) is 6.92 Å². The van der Waals surface area contributed by atoms with Gasteiger partial charge in [-0.15, -0.1) is 10.2 Å². The highest BCUT2D eigenvalue weighted by Gasteiger charge is 2.10. The summed E-state index contributed by atoms with van der Waals surface area (Å²) in [5.41, 5.74) is 7.95. The molecule has 0 aliphatic heterocycles. The molecule has 2 rings (SSSR count). The lowest BCUT2D eigenvalue weighted by Gasteiger charge is -2.07. The van der Waals surface area contributed by atoms with Gasteiger partial charge in [-0.25, -0.2) is 0 Å². The molecule has 0 aliphatic carbocycles. The molecule has 0 unspecified atom stereocenters. The molecule has 16 heavy (non-hydrogen) atoms. The van der Waals surface area contributed by atoms with Crippen molar-refractivity contribution < 1.29 is 0 Å². The first-order valence-electron chi connectivity index (χ1n) is 5.38. The molecule has 0 fully saturated rings. The summed E-state index contributed by atoms with van der Waals surface area (Å²) in [6.07, 6.45) is 0.863. The fourth-order valence-electron chi connectivity index (χ4n) is 1.75. The summed E-state index contributed by atoms with van der Waals surface area (Å²) < 4.78 is 2.00. The van der Waals surface area contributed by atoms with Crippen LogP contribution >= 0.6 is 0 Å². The molecule has 0 saturated carbocycles. The van der Waals surface area contributed by atoms with Crippen molar-refractivity contribution in [3.8, 4) is 11.4 Å². The Morgan fingerprint density at radius 1 is 1.25 bits per heavy atom. The van der Waals surface area contributed by atoms with E-state index in [1.54, 1.807) is 0 Å². The molecule has 0 bridgehead atoms. The average Bonchev–Trinajstić information content (AvgIpc) is 2.61. The van der Waals surface area contributed by atoms with Gasteiger partial charge < -0.3 is 10.3 Å². The fraction of sp³-hybridized carbons (Fsp3) is 0.333. The van der Waals surface area contributed by atoms with Gasteiger partial charge in [-0.2, -0.15) is 0 Å². The average molecular weight is 216 g/mol. The smallest absolute Gasteiger partial charge is 0.163 e. The monoisotopic (exact) mass is 216 g/mol. The predicted molar refractivity (Wildman–Crippen MR) is 63.9 cm³/mol. The first-order valence-corrected chi connectivity index (χ1v) is 5.38. The molecule has 0 saturated heterocycles. The summed E-state index contributed by atoms with van der Waals surface area (Å²) in [5.74, 6) is 1.82. The van der Waals surface area contributed by atoms with Crippen LogP contribution in [0.3, 0.4) is 0 Å². The van der Waals surface area contributed by atoms with Crippen LogP contribution in [0.15, 0.2) is 24.3 Å². The van der Waals surface area contributed by atoms with Crippen molar-refractivity contribution >= 4 is 0 Å². The maximum Gasteiger partial charge on any atom is 0.163 e. The van der Waals surface area contributed by atoms with Crippen LogP contribution in [-0.4, -0.2) is 21.3 Å². The molecule has 4 nitrogen and oxygen atoms in total. The number of aromatic nitrogens is 3. The first kappa shape index (κ1) is 10.8. The molecule has 0 atom stereocenters. The van der Waals surface area contributed by atoms with Gasteiger partial charge in [0.2, 0.25) is 0 Å². The van der Waals surface area contributed by atoms with Crippen LogP contribution in [0.25, 0.3) is 11.4 Å². The summed E-state index contributed by atoms with van der Waals surface area (Å²) in [6.45, 7) is 2.59. The molecule has 2 N–H and O–H groups in total. The van der Waals surface area contributed by atoms with Gasteiger partial charge in [0.05, 0.1) is 0 Å². The third kappa shape index (κ3) is 1.84. The molecule has 0 amide bonds. The number of hydrogen-bond donors (Lipinski definition) is 1. The topological polar surface area (TPSA) is 56.7 Å². The lowest BCUT2D eigenvalue weighted by atomic mass is 10.0. The van der Waals surface area contributed by atoms with Gasteiger partial charge in [0.25, 0.3) is 0 Å². The van der Waals surface area contributed by atoms with Gasteiger partial charge in [-0.05, 0) is 25.5 Å². The SMILES string of the molecule is Cc1nnc(-c2ccccc2CCN)n1C. The standard InChI is InChI=1S/C12H16N4/c1-9-14-15-12(16(9)2)11-6-4-3-5-10(11)7-8-13/h3-6H,7-8,13H2,1-2H3. The molecule has 0 aliphatic rings. The molecule has 1 aromatic carbocycles. The number of hydrogen-bond acceptors (Lipinski definition) is 3. The van der Waals surface area contributed by atoms with Crippen molar-refractivity contribution in [3.05, 3.63) is 35.7 Å². The minimum atomic E-state index is 0.647. The highest BCUT2D eigenvalue weighted by molar-refractivity contribution is 5.60. The highest BCUT2D eigenvalue weighted by atomic mass is 15.3. The predicted octanol–water partition coefficient (Wildman–Crippen LogP) is 1.29. The van der Waals surface area contributed by atoms with Crippen LogP contribution in [0.1, 0.15) is 11.4 Å². The maximum atomic E-state index is 5.61. The maximum absolute atomic E-state index is 5.61. The summed E-state index contributed by atoms with van der Waals surface area (Å²) >= 11 is 0. The molecule has 84 valence electrons. The van der Waals surface area contributed by atoms with Gasteiger partial charge in [0.15, 0.2) is 5.82 Å². The minimum Gasteiger partial charge on any atom is -0.330 e. The molecule has 0 radical (unpaired) electrons. The largest absolute Gasteiger partial charge is 0.330 e. The molecule has 0 spiro atoms. The molecular formula is C12H16N4. The summed E-state index contributed by atoms with van der Waals surface area (Å²) in [7, 11) is 1.98. The van der Waals surface area contributed by atoms with Crippen LogP contribution < -0.4 is 5.73 Å². The second-order valence-corrected chi connectivity index (χ2v) is 3.83. The second kappa shape index (κ2) is 4.45. The van der Waals surface area contributed by atoms with E-state index >= 15 is 0 Å². The summed E-state index contributed by atoms with van der Waals surface area (Å²) in [5, 5.41) is 8.28. The van der Waals surface area contributed by atoms with Gasteiger partial charge in [0, 0.05) is 12.6 Å². The van der Waals surface area contributed by atoms with Crippen LogP contribution in [-0.2, 0) is 13.5 Å². The number of nitrogens with two attached hydrogens (primary N) is 1. The van der Waals surface area contributed by atoms with Crippen molar-refractivity contribution in [2.45, 2.75) is 13.3 Å². The van der Waals surface area contributed by atoms with Crippen LogP contribution in [0.5, 0.6) is 0 Å². The van der Waals surface area contributed by atoms with E-state index in [4.69, 9.17) is 5.73 Å². The lowest BCUT2D eigenvalue weighted by Crippen LogP contribution is -2.05. The molecule has 4 heteroatoms.